The van der Waals surface area contributed by atoms with Crippen molar-refractivity contribution in [1.29, 1.82) is 0 Å². The predicted molar refractivity (Wildman–Crippen MR) is 131 cm³/mol. The number of piperidine rings is 1. The van der Waals surface area contributed by atoms with E-state index in [0.29, 0.717) is 30.4 Å². The van der Waals surface area contributed by atoms with Crippen molar-refractivity contribution in [2.75, 3.05) is 44.8 Å². The molecule has 2 atom stereocenters. The van der Waals surface area contributed by atoms with Crippen molar-refractivity contribution in [2.45, 2.75) is 44.9 Å². The van der Waals surface area contributed by atoms with E-state index in [0.717, 1.165) is 55.7 Å². The first kappa shape index (κ1) is 24.9. The largest absolute Gasteiger partial charge is 0.493 e. The maximum Gasteiger partial charge on any atom is 0.227 e. The third-order valence-electron chi connectivity index (χ3n) is 7.72. The molecule has 194 valence electrons. The molecule has 1 saturated carbocycles. The second-order valence-corrected chi connectivity index (χ2v) is 10.3. The smallest absolute Gasteiger partial charge is 0.227 e. The molecule has 3 heterocycles. The molecule has 2 saturated heterocycles. The standard InChI is InChI=1S/C27H34F2N4O3/c1-35-17-18-13-30-27(31-14-18)32-7-4-19(5-8-32)24-10-20(24)6-9-36-23-3-2-21(25(29)12-23)11-26(34)33-15-22(28)16-33/h2-3,12-14,19-20,22,24H,4-11,15-17H2,1H3/t20-,24-/m0/s1. The van der Waals surface area contributed by atoms with Crippen LogP contribution in [0.15, 0.2) is 30.6 Å². The molecular weight excluding hydrogens is 466 g/mol. The van der Waals surface area contributed by atoms with Crippen molar-refractivity contribution in [2.24, 2.45) is 17.8 Å². The minimum atomic E-state index is -0.951. The van der Waals surface area contributed by atoms with Crippen LogP contribution in [0.2, 0.25) is 0 Å². The maximum absolute atomic E-state index is 14.4. The third-order valence-corrected chi connectivity index (χ3v) is 7.72. The molecule has 0 unspecified atom stereocenters. The van der Waals surface area contributed by atoms with E-state index in [1.165, 1.54) is 17.4 Å². The van der Waals surface area contributed by atoms with Crippen LogP contribution in [0.4, 0.5) is 14.7 Å². The Labute approximate surface area is 210 Å². The molecule has 7 nitrogen and oxygen atoms in total. The predicted octanol–water partition coefficient (Wildman–Crippen LogP) is 3.81. The third kappa shape index (κ3) is 5.94. The van der Waals surface area contributed by atoms with Crippen molar-refractivity contribution in [3.05, 3.63) is 47.5 Å². The summed E-state index contributed by atoms with van der Waals surface area (Å²) >= 11 is 0. The Kier molecular flexibility index (Phi) is 7.65. The summed E-state index contributed by atoms with van der Waals surface area (Å²) in [5.74, 6) is 2.73. The number of amides is 1. The monoisotopic (exact) mass is 500 g/mol. The fourth-order valence-corrected chi connectivity index (χ4v) is 5.45. The maximum atomic E-state index is 14.4. The van der Waals surface area contributed by atoms with Crippen molar-refractivity contribution >= 4 is 11.9 Å². The Morgan fingerprint density at radius 2 is 1.92 bits per heavy atom. The minimum Gasteiger partial charge on any atom is -0.493 e. The van der Waals surface area contributed by atoms with E-state index in [4.69, 9.17) is 9.47 Å². The highest BCUT2D eigenvalue weighted by molar-refractivity contribution is 5.79. The van der Waals surface area contributed by atoms with Gasteiger partial charge in [0.15, 0.2) is 0 Å². The Balaban J connectivity index is 1.01. The van der Waals surface area contributed by atoms with Gasteiger partial charge >= 0.3 is 0 Å². The number of rotatable bonds is 10. The first-order chi connectivity index (χ1) is 17.5. The van der Waals surface area contributed by atoms with Gasteiger partial charge in [-0.3, -0.25) is 4.79 Å². The lowest BCUT2D eigenvalue weighted by Gasteiger charge is -2.34. The van der Waals surface area contributed by atoms with Gasteiger partial charge in [0.2, 0.25) is 11.9 Å². The Morgan fingerprint density at radius 3 is 2.58 bits per heavy atom. The molecule has 36 heavy (non-hydrogen) atoms. The van der Waals surface area contributed by atoms with Gasteiger partial charge in [0.25, 0.3) is 0 Å². The molecular formula is C27H34F2N4O3. The molecule has 3 fully saturated rings. The molecule has 0 bridgehead atoms. The van der Waals surface area contributed by atoms with Crippen LogP contribution >= 0.6 is 0 Å². The van der Waals surface area contributed by atoms with Crippen molar-refractivity contribution in [3.8, 4) is 5.75 Å². The van der Waals surface area contributed by atoms with Gasteiger partial charge in [-0.15, -0.1) is 0 Å². The van der Waals surface area contributed by atoms with Crippen LogP contribution in [0.3, 0.4) is 0 Å². The first-order valence-corrected chi connectivity index (χ1v) is 12.9. The average molecular weight is 501 g/mol. The van der Waals surface area contributed by atoms with Gasteiger partial charge in [-0.2, -0.15) is 0 Å². The molecule has 3 aliphatic rings. The second kappa shape index (κ2) is 11.1. The molecule has 0 N–H and O–H groups in total. The summed E-state index contributed by atoms with van der Waals surface area (Å²) in [4.78, 5) is 24.7. The van der Waals surface area contributed by atoms with Crippen molar-refractivity contribution in [1.82, 2.24) is 14.9 Å². The van der Waals surface area contributed by atoms with E-state index in [1.54, 1.807) is 19.2 Å². The Morgan fingerprint density at radius 1 is 1.17 bits per heavy atom. The number of aromatic nitrogens is 2. The quantitative estimate of drug-likeness (QED) is 0.494. The Hall–Kier alpha value is -2.81. The summed E-state index contributed by atoms with van der Waals surface area (Å²) in [5, 5.41) is 0. The number of methoxy groups -OCH3 is 1. The summed E-state index contributed by atoms with van der Waals surface area (Å²) in [6.07, 6.45) is 7.18. The molecule has 2 aliphatic heterocycles. The minimum absolute atomic E-state index is 0.0490. The molecule has 1 aromatic heterocycles. The lowest BCUT2D eigenvalue weighted by molar-refractivity contribution is -0.137. The molecule has 1 aliphatic carbocycles. The van der Waals surface area contributed by atoms with Gasteiger partial charge in [-0.05, 0) is 55.1 Å². The zero-order valence-corrected chi connectivity index (χ0v) is 20.7. The number of hydrogen-bond donors (Lipinski definition) is 0. The molecule has 1 amide bonds. The number of anilines is 1. The number of benzene rings is 1. The molecule has 0 radical (unpaired) electrons. The molecule has 0 spiro atoms. The first-order valence-electron chi connectivity index (χ1n) is 12.9. The van der Waals surface area contributed by atoms with Crippen LogP contribution in [-0.2, 0) is 22.6 Å². The highest BCUT2D eigenvalue weighted by Gasteiger charge is 2.43. The zero-order valence-electron chi connectivity index (χ0n) is 20.7. The van der Waals surface area contributed by atoms with E-state index in [1.807, 2.05) is 12.4 Å². The van der Waals surface area contributed by atoms with E-state index < -0.39 is 12.0 Å². The lowest BCUT2D eigenvalue weighted by atomic mass is 9.90. The van der Waals surface area contributed by atoms with Crippen LogP contribution in [0, 0.1) is 23.6 Å². The number of carbonyl (C=O) groups excluding carboxylic acids is 1. The van der Waals surface area contributed by atoms with Crippen LogP contribution in [-0.4, -0.2) is 66.8 Å². The van der Waals surface area contributed by atoms with Gasteiger partial charge in [0.1, 0.15) is 17.7 Å². The number of likely N-dealkylation sites (tertiary alicyclic amines) is 1. The highest BCUT2D eigenvalue weighted by atomic mass is 19.1. The number of hydrogen-bond acceptors (Lipinski definition) is 6. The number of halogens is 2. The molecule has 5 rings (SSSR count). The second-order valence-electron chi connectivity index (χ2n) is 10.3. The van der Waals surface area contributed by atoms with Crippen LogP contribution in [0.5, 0.6) is 5.75 Å². The van der Waals surface area contributed by atoms with E-state index in [2.05, 4.69) is 14.9 Å². The van der Waals surface area contributed by atoms with Crippen LogP contribution in [0.25, 0.3) is 0 Å². The topological polar surface area (TPSA) is 67.8 Å². The number of alkyl halides is 1. The number of carbonyl (C=O) groups is 1. The van der Waals surface area contributed by atoms with Crippen molar-refractivity contribution in [3.63, 3.8) is 0 Å². The number of ether oxygens (including phenoxy) is 2. The van der Waals surface area contributed by atoms with Crippen LogP contribution < -0.4 is 9.64 Å². The van der Waals surface area contributed by atoms with Crippen LogP contribution in [0.1, 0.15) is 36.8 Å². The summed E-state index contributed by atoms with van der Waals surface area (Å²) in [5.41, 5.74) is 1.30. The van der Waals surface area contributed by atoms with Gasteiger partial charge in [-0.1, -0.05) is 6.07 Å². The Bertz CT molecular complexity index is 1040. The average Bonchev–Trinajstić information content (AvgIpc) is 3.64. The summed E-state index contributed by atoms with van der Waals surface area (Å²) in [7, 11) is 1.67. The van der Waals surface area contributed by atoms with E-state index in [-0.39, 0.29) is 25.4 Å². The SMILES string of the molecule is COCc1cnc(N2CCC([C@@H]3C[C@@H]3CCOc3ccc(CC(=O)N4CC(F)C4)c(F)c3)CC2)nc1. The van der Waals surface area contributed by atoms with Gasteiger partial charge in [0, 0.05) is 44.2 Å². The lowest BCUT2D eigenvalue weighted by Crippen LogP contribution is -2.52. The fourth-order valence-electron chi connectivity index (χ4n) is 5.45. The van der Waals surface area contributed by atoms with Gasteiger partial charge in [0.05, 0.1) is 32.7 Å². The zero-order chi connectivity index (χ0) is 25.1. The summed E-state index contributed by atoms with van der Waals surface area (Å²) in [6, 6.07) is 4.65. The summed E-state index contributed by atoms with van der Waals surface area (Å²) in [6.45, 7) is 3.27. The molecule has 9 heteroatoms. The molecule has 1 aromatic carbocycles. The number of nitrogens with zero attached hydrogens (tertiary/aromatic N) is 4. The summed E-state index contributed by atoms with van der Waals surface area (Å²) < 4.78 is 38.3. The van der Waals surface area contributed by atoms with Crippen molar-refractivity contribution < 1.29 is 23.0 Å². The highest BCUT2D eigenvalue weighted by Crippen LogP contribution is 2.49. The molecule has 2 aromatic rings. The fraction of sp³-hybridized carbons (Fsp3) is 0.593. The van der Waals surface area contributed by atoms with Gasteiger partial charge in [-0.25, -0.2) is 18.7 Å². The normalized spacial score (nSPS) is 22.4. The van der Waals surface area contributed by atoms with E-state index in [9.17, 15) is 13.6 Å². The van der Waals surface area contributed by atoms with Gasteiger partial charge < -0.3 is 19.3 Å². The van der Waals surface area contributed by atoms with E-state index >= 15 is 0 Å².